The van der Waals surface area contributed by atoms with Crippen molar-refractivity contribution in [1.82, 2.24) is 15.2 Å². The lowest BCUT2D eigenvalue weighted by atomic mass is 10.2. The van der Waals surface area contributed by atoms with E-state index >= 15 is 0 Å². The third-order valence-corrected chi connectivity index (χ3v) is 4.23. The molecule has 0 spiro atoms. The van der Waals surface area contributed by atoms with Gasteiger partial charge in [0, 0.05) is 24.5 Å². The number of aryl methyl sites for hydroxylation is 1. The number of halogens is 4. The molecule has 21 heavy (non-hydrogen) atoms. The summed E-state index contributed by atoms with van der Waals surface area (Å²) in [5, 5.41) is 3.40. The van der Waals surface area contributed by atoms with Crippen LogP contribution in [0.3, 0.4) is 0 Å². The first-order valence-electron chi connectivity index (χ1n) is 6.21. The number of carbonyl (C=O) groups excluding carboxylic acids is 1. The van der Waals surface area contributed by atoms with Crippen LogP contribution in [0.2, 0.25) is 0 Å². The van der Waals surface area contributed by atoms with Crippen LogP contribution in [0.25, 0.3) is 0 Å². The maximum absolute atomic E-state index is 13.1. The molecule has 9 heteroatoms. The van der Waals surface area contributed by atoms with Gasteiger partial charge in [0.2, 0.25) is 5.91 Å². The molecule has 0 radical (unpaired) electrons. The summed E-state index contributed by atoms with van der Waals surface area (Å²) in [7, 11) is 1.62. The van der Waals surface area contributed by atoms with Gasteiger partial charge in [0.15, 0.2) is 0 Å². The average Bonchev–Trinajstić information content (AvgIpc) is 2.94. The maximum Gasteiger partial charge on any atom is 0.262 e. The fourth-order valence-electron chi connectivity index (χ4n) is 2.02. The number of rotatable bonds is 4. The highest BCUT2D eigenvalue weighted by molar-refractivity contribution is 7.11. The Balaban J connectivity index is 0.00000200. The highest BCUT2D eigenvalue weighted by atomic mass is 35.5. The Labute approximate surface area is 139 Å². The first-order chi connectivity index (χ1) is 8.91. The first kappa shape index (κ1) is 20.5. The van der Waals surface area contributed by atoms with E-state index in [2.05, 4.69) is 10.3 Å². The summed E-state index contributed by atoms with van der Waals surface area (Å²) in [6.45, 7) is 1.98. The topological polar surface area (TPSA) is 45.2 Å². The van der Waals surface area contributed by atoms with Gasteiger partial charge in [0.25, 0.3) is 5.92 Å². The summed E-state index contributed by atoms with van der Waals surface area (Å²) in [5.41, 5.74) is 0. The Hall–Kier alpha value is -0.500. The molecule has 1 fully saturated rings. The third kappa shape index (κ3) is 5.32. The molecule has 122 valence electrons. The minimum atomic E-state index is -2.78. The number of likely N-dealkylation sites (N-methyl/N-ethyl adjacent to an activating group) is 1. The molecule has 1 aromatic heterocycles. The summed E-state index contributed by atoms with van der Waals surface area (Å²) in [4.78, 5) is 18.9. The van der Waals surface area contributed by atoms with Crippen LogP contribution in [0, 0.1) is 0 Å². The number of nitrogens with one attached hydrogen (secondary N) is 1. The van der Waals surface area contributed by atoms with Crippen LogP contribution in [-0.2, 0) is 17.8 Å². The number of aromatic nitrogens is 1. The van der Waals surface area contributed by atoms with Crippen molar-refractivity contribution < 1.29 is 13.6 Å². The van der Waals surface area contributed by atoms with Gasteiger partial charge in [-0.3, -0.25) is 10.1 Å². The zero-order valence-corrected chi connectivity index (χ0v) is 14.2. The molecule has 1 amide bonds. The fourth-order valence-corrected chi connectivity index (χ4v) is 2.94. The van der Waals surface area contributed by atoms with E-state index in [1.54, 1.807) is 24.6 Å². The monoisotopic (exact) mass is 361 g/mol. The van der Waals surface area contributed by atoms with Crippen molar-refractivity contribution in [2.75, 3.05) is 13.6 Å². The van der Waals surface area contributed by atoms with Gasteiger partial charge in [0.05, 0.1) is 19.1 Å². The smallest absolute Gasteiger partial charge is 0.262 e. The van der Waals surface area contributed by atoms with E-state index < -0.39 is 24.9 Å². The summed E-state index contributed by atoms with van der Waals surface area (Å²) in [5.74, 6) is -3.08. The molecule has 2 rings (SSSR count). The molecule has 1 aliphatic rings. The fraction of sp³-hybridized carbons (Fsp3) is 0.667. The van der Waals surface area contributed by atoms with Gasteiger partial charge in [-0.1, -0.05) is 6.92 Å². The lowest BCUT2D eigenvalue weighted by Crippen LogP contribution is -2.41. The predicted octanol–water partition coefficient (Wildman–Crippen LogP) is 2.50. The zero-order chi connectivity index (χ0) is 14.0. The molecule has 1 N–H and O–H groups in total. The van der Waals surface area contributed by atoms with Crippen molar-refractivity contribution in [3.63, 3.8) is 0 Å². The van der Waals surface area contributed by atoms with Gasteiger partial charge in [-0.2, -0.15) is 0 Å². The average molecular weight is 362 g/mol. The number of carbonyl (C=O) groups is 1. The molecular formula is C12H19Cl2F2N3OS. The third-order valence-electron chi connectivity index (χ3n) is 3.11. The van der Waals surface area contributed by atoms with Gasteiger partial charge in [-0.05, 0) is 6.42 Å². The standard InChI is InChI=1S/C12H17F2N3OS.2ClH/c1-3-8-5-15-10(19-8)6-17(2)11(18)9-4-12(13,14)7-16-9;;/h5,9,16H,3-4,6-7H2,1-2H3;2*1H. The summed E-state index contributed by atoms with van der Waals surface area (Å²) in [6.07, 6.45) is 2.28. The van der Waals surface area contributed by atoms with Crippen molar-refractivity contribution >= 4 is 42.1 Å². The highest BCUT2D eigenvalue weighted by Crippen LogP contribution is 2.26. The van der Waals surface area contributed by atoms with Crippen molar-refractivity contribution in [3.05, 3.63) is 16.1 Å². The van der Waals surface area contributed by atoms with Crippen LogP contribution in [0.4, 0.5) is 8.78 Å². The molecule has 0 bridgehead atoms. The van der Waals surface area contributed by atoms with E-state index in [1.165, 1.54) is 4.90 Å². The van der Waals surface area contributed by atoms with Gasteiger partial charge in [0.1, 0.15) is 5.01 Å². The van der Waals surface area contributed by atoms with Gasteiger partial charge in [-0.15, -0.1) is 36.2 Å². The van der Waals surface area contributed by atoms with Crippen molar-refractivity contribution in [3.8, 4) is 0 Å². The van der Waals surface area contributed by atoms with Crippen molar-refractivity contribution in [2.24, 2.45) is 0 Å². The van der Waals surface area contributed by atoms with Crippen LogP contribution in [0.5, 0.6) is 0 Å². The van der Waals surface area contributed by atoms with E-state index in [1.807, 2.05) is 6.92 Å². The summed E-state index contributed by atoms with van der Waals surface area (Å²) >= 11 is 1.55. The number of thiazole rings is 1. The van der Waals surface area contributed by atoms with E-state index in [-0.39, 0.29) is 30.7 Å². The zero-order valence-electron chi connectivity index (χ0n) is 11.8. The molecule has 1 unspecified atom stereocenters. The molecule has 0 aromatic carbocycles. The van der Waals surface area contributed by atoms with E-state index in [9.17, 15) is 13.6 Å². The van der Waals surface area contributed by atoms with E-state index in [4.69, 9.17) is 0 Å². The predicted molar refractivity (Wildman–Crippen MR) is 83.8 cm³/mol. The van der Waals surface area contributed by atoms with Crippen LogP contribution < -0.4 is 5.32 Å². The Morgan fingerprint density at radius 2 is 2.24 bits per heavy atom. The Morgan fingerprint density at radius 3 is 2.71 bits per heavy atom. The number of hydrogen-bond acceptors (Lipinski definition) is 4. The largest absolute Gasteiger partial charge is 0.338 e. The minimum Gasteiger partial charge on any atom is -0.338 e. The molecule has 1 saturated heterocycles. The summed E-state index contributed by atoms with van der Waals surface area (Å²) < 4.78 is 26.1. The SMILES string of the molecule is CCc1cnc(CN(C)C(=O)C2CC(F)(F)CN2)s1.Cl.Cl. The maximum atomic E-state index is 13.1. The normalized spacial score (nSPS) is 19.5. The molecule has 0 aliphatic carbocycles. The molecule has 1 aliphatic heterocycles. The van der Waals surface area contributed by atoms with Crippen LogP contribution in [-0.4, -0.2) is 41.3 Å². The van der Waals surface area contributed by atoms with E-state index in [0.717, 1.165) is 16.3 Å². The molecule has 1 aromatic rings. The van der Waals surface area contributed by atoms with Crippen molar-refractivity contribution in [1.29, 1.82) is 0 Å². The van der Waals surface area contributed by atoms with Crippen molar-refractivity contribution in [2.45, 2.75) is 38.3 Å². The quantitative estimate of drug-likeness (QED) is 0.895. The van der Waals surface area contributed by atoms with Crippen LogP contribution in [0.15, 0.2) is 6.20 Å². The highest BCUT2D eigenvalue weighted by Gasteiger charge is 2.43. The Bertz CT molecular complexity index is 473. The van der Waals surface area contributed by atoms with Crippen LogP contribution in [0.1, 0.15) is 23.2 Å². The Morgan fingerprint density at radius 1 is 1.57 bits per heavy atom. The van der Waals surface area contributed by atoms with Gasteiger partial charge in [-0.25, -0.2) is 13.8 Å². The number of amides is 1. The molecular weight excluding hydrogens is 343 g/mol. The minimum absolute atomic E-state index is 0. The van der Waals surface area contributed by atoms with E-state index in [0.29, 0.717) is 6.54 Å². The molecule has 1 atom stereocenters. The van der Waals surface area contributed by atoms with Gasteiger partial charge >= 0.3 is 0 Å². The number of nitrogens with zero attached hydrogens (tertiary/aromatic N) is 2. The first-order valence-corrected chi connectivity index (χ1v) is 7.02. The van der Waals surface area contributed by atoms with Crippen LogP contribution >= 0.6 is 36.2 Å². The molecule has 0 saturated carbocycles. The Kier molecular flexibility index (Phi) is 8.02. The molecule has 4 nitrogen and oxygen atoms in total. The number of alkyl halides is 2. The lowest BCUT2D eigenvalue weighted by Gasteiger charge is -2.19. The second-order valence-electron chi connectivity index (χ2n) is 4.76. The summed E-state index contributed by atoms with van der Waals surface area (Å²) in [6, 6.07) is -0.786. The second kappa shape index (κ2) is 8.22. The van der Waals surface area contributed by atoms with Gasteiger partial charge < -0.3 is 4.90 Å². The lowest BCUT2D eigenvalue weighted by molar-refractivity contribution is -0.132. The molecule has 2 heterocycles. The second-order valence-corrected chi connectivity index (χ2v) is 5.96. The number of hydrogen-bond donors (Lipinski definition) is 1.